The Kier molecular flexibility index (Phi) is 5.11. The molecule has 0 amide bonds. The zero-order valence-electron chi connectivity index (χ0n) is 10.5. The van der Waals surface area contributed by atoms with E-state index < -0.39 is 0 Å². The summed E-state index contributed by atoms with van der Waals surface area (Å²) in [5, 5.41) is 12.1. The van der Waals surface area contributed by atoms with Crippen molar-refractivity contribution in [3.8, 4) is 6.07 Å². The van der Waals surface area contributed by atoms with Crippen LogP contribution in [-0.4, -0.2) is 13.1 Å². The van der Waals surface area contributed by atoms with Crippen LogP contribution in [0.25, 0.3) is 0 Å². The maximum atomic E-state index is 13.3. The predicted molar refractivity (Wildman–Crippen MR) is 67.0 cm³/mol. The van der Waals surface area contributed by atoms with Crippen LogP contribution in [0.2, 0.25) is 0 Å². The summed E-state index contributed by atoms with van der Waals surface area (Å²) >= 11 is 0. The molecule has 1 aromatic carbocycles. The van der Waals surface area contributed by atoms with Gasteiger partial charge in [-0.15, -0.1) is 0 Å². The molecule has 0 unspecified atom stereocenters. The number of rotatable bonds is 6. The highest BCUT2D eigenvalue weighted by Gasteiger charge is 2.15. The van der Waals surface area contributed by atoms with Crippen LogP contribution in [0.15, 0.2) is 24.3 Å². The van der Waals surface area contributed by atoms with Crippen LogP contribution in [-0.2, 0) is 6.42 Å². The average molecular weight is 234 g/mol. The minimum atomic E-state index is -0.287. The molecule has 0 spiro atoms. The molecule has 17 heavy (non-hydrogen) atoms. The normalized spacial score (nSPS) is 11.2. The summed E-state index contributed by atoms with van der Waals surface area (Å²) in [4.78, 5) is 0. The van der Waals surface area contributed by atoms with E-state index in [0.717, 1.165) is 25.1 Å². The summed E-state index contributed by atoms with van der Waals surface area (Å²) in [6.45, 7) is 5.37. The second-order valence-electron chi connectivity index (χ2n) is 4.84. The average Bonchev–Trinajstić information content (AvgIpc) is 2.31. The fourth-order valence-electron chi connectivity index (χ4n) is 1.51. The lowest BCUT2D eigenvalue weighted by Crippen LogP contribution is -2.23. The molecule has 3 heteroatoms. The van der Waals surface area contributed by atoms with Gasteiger partial charge in [-0.05, 0) is 51.4 Å². The van der Waals surface area contributed by atoms with E-state index in [1.54, 1.807) is 12.1 Å². The Morgan fingerprint density at radius 1 is 1.29 bits per heavy atom. The molecule has 0 aliphatic carbocycles. The van der Waals surface area contributed by atoms with Gasteiger partial charge in [-0.25, -0.2) is 4.39 Å². The maximum Gasteiger partial charge on any atom is 0.126 e. The zero-order chi connectivity index (χ0) is 12.7. The number of nitriles is 1. The van der Waals surface area contributed by atoms with Crippen LogP contribution in [0.5, 0.6) is 0 Å². The van der Waals surface area contributed by atoms with E-state index in [-0.39, 0.29) is 11.2 Å². The van der Waals surface area contributed by atoms with Gasteiger partial charge in [-0.2, -0.15) is 5.26 Å². The van der Waals surface area contributed by atoms with Crippen molar-refractivity contribution in [3.05, 3.63) is 35.6 Å². The van der Waals surface area contributed by atoms with Gasteiger partial charge in [0.2, 0.25) is 0 Å². The third kappa shape index (κ3) is 4.97. The van der Waals surface area contributed by atoms with Gasteiger partial charge in [0.1, 0.15) is 5.82 Å². The maximum absolute atomic E-state index is 13.3. The van der Waals surface area contributed by atoms with E-state index in [0.29, 0.717) is 6.42 Å². The Hall–Kier alpha value is -1.40. The summed E-state index contributed by atoms with van der Waals surface area (Å²) in [5.74, 6) is -0.147. The molecule has 0 saturated heterocycles. The lowest BCUT2D eigenvalue weighted by atomic mass is 9.91. The molecule has 2 nitrogen and oxygen atoms in total. The number of nitrogens with zero attached hydrogens (tertiary/aromatic N) is 1. The van der Waals surface area contributed by atoms with Gasteiger partial charge >= 0.3 is 0 Å². The van der Waals surface area contributed by atoms with Gasteiger partial charge in [-0.1, -0.05) is 18.2 Å². The largest absolute Gasteiger partial charge is 0.316 e. The predicted octanol–water partition coefficient (Wildman–Crippen LogP) is 2.90. The van der Waals surface area contributed by atoms with Gasteiger partial charge in [0, 0.05) is 0 Å². The van der Waals surface area contributed by atoms with Crippen molar-refractivity contribution in [2.45, 2.75) is 26.7 Å². The van der Waals surface area contributed by atoms with Crippen molar-refractivity contribution in [3.63, 3.8) is 0 Å². The number of halogens is 1. The molecule has 1 rings (SSSR count). The first-order valence-corrected chi connectivity index (χ1v) is 5.90. The molecule has 1 aromatic rings. The number of benzene rings is 1. The molecule has 0 radical (unpaired) electrons. The first kappa shape index (κ1) is 13.7. The van der Waals surface area contributed by atoms with Crippen molar-refractivity contribution in [1.29, 1.82) is 5.26 Å². The van der Waals surface area contributed by atoms with Crippen LogP contribution < -0.4 is 5.32 Å². The van der Waals surface area contributed by atoms with Crippen LogP contribution in [0, 0.1) is 22.6 Å². The Bertz CT molecular complexity index is 393. The molecule has 1 N–H and O–H groups in total. The first-order valence-electron chi connectivity index (χ1n) is 5.90. The monoisotopic (exact) mass is 234 g/mol. The van der Waals surface area contributed by atoms with E-state index in [9.17, 15) is 4.39 Å². The number of hydrogen-bond acceptors (Lipinski definition) is 2. The van der Waals surface area contributed by atoms with E-state index >= 15 is 0 Å². The minimum absolute atomic E-state index is 0.147. The molecular weight excluding hydrogens is 215 g/mol. The second-order valence-corrected chi connectivity index (χ2v) is 4.84. The quantitative estimate of drug-likeness (QED) is 0.768. The molecule has 0 aromatic heterocycles. The molecule has 0 aliphatic heterocycles. The Morgan fingerprint density at radius 3 is 2.65 bits per heavy atom. The Labute approximate surface area is 102 Å². The smallest absolute Gasteiger partial charge is 0.126 e. The van der Waals surface area contributed by atoms with Crippen LogP contribution in [0.1, 0.15) is 25.8 Å². The lowest BCUT2D eigenvalue weighted by molar-refractivity contribution is 0.433. The first-order chi connectivity index (χ1) is 8.05. The molecule has 0 heterocycles. The fraction of sp³-hybridized carbons (Fsp3) is 0.500. The summed E-state index contributed by atoms with van der Waals surface area (Å²) < 4.78 is 13.3. The standard InChI is InChI=1S/C14H19FN2/c1-14(2,11-16)8-10-17-9-7-12-5-3-4-6-13(12)15/h3-6,17H,7-10H2,1-2H3. The SMILES string of the molecule is CC(C)(C#N)CCNCCc1ccccc1F. The van der Waals surface area contributed by atoms with Crippen LogP contribution >= 0.6 is 0 Å². The van der Waals surface area contributed by atoms with E-state index in [2.05, 4.69) is 11.4 Å². The van der Waals surface area contributed by atoms with Gasteiger partial charge in [0.15, 0.2) is 0 Å². The summed E-state index contributed by atoms with van der Waals surface area (Å²) in [5.41, 5.74) is 0.449. The highest BCUT2D eigenvalue weighted by molar-refractivity contribution is 5.17. The van der Waals surface area contributed by atoms with Gasteiger partial charge in [-0.3, -0.25) is 0 Å². The van der Waals surface area contributed by atoms with Crippen molar-refractivity contribution < 1.29 is 4.39 Å². The number of hydrogen-bond donors (Lipinski definition) is 1. The molecule has 0 atom stereocenters. The minimum Gasteiger partial charge on any atom is -0.316 e. The third-order valence-corrected chi connectivity index (χ3v) is 2.76. The number of nitrogens with one attached hydrogen (secondary N) is 1. The Morgan fingerprint density at radius 2 is 2.00 bits per heavy atom. The van der Waals surface area contributed by atoms with Crippen LogP contribution in [0.4, 0.5) is 4.39 Å². The zero-order valence-corrected chi connectivity index (χ0v) is 10.5. The molecule has 0 saturated carbocycles. The Balaban J connectivity index is 2.22. The molecular formula is C14H19FN2. The van der Waals surface area contributed by atoms with Gasteiger partial charge in [0.05, 0.1) is 11.5 Å². The van der Waals surface area contributed by atoms with E-state index in [1.807, 2.05) is 19.9 Å². The van der Waals surface area contributed by atoms with Crippen molar-refractivity contribution in [2.75, 3.05) is 13.1 Å². The topological polar surface area (TPSA) is 35.8 Å². The molecule has 0 bridgehead atoms. The highest BCUT2D eigenvalue weighted by Crippen LogP contribution is 2.17. The molecule has 92 valence electrons. The third-order valence-electron chi connectivity index (χ3n) is 2.76. The lowest BCUT2D eigenvalue weighted by Gasteiger charge is -2.15. The van der Waals surface area contributed by atoms with Crippen LogP contribution in [0.3, 0.4) is 0 Å². The summed E-state index contributed by atoms with van der Waals surface area (Å²) in [6, 6.07) is 9.08. The van der Waals surface area contributed by atoms with Gasteiger partial charge < -0.3 is 5.32 Å². The van der Waals surface area contributed by atoms with E-state index in [4.69, 9.17) is 5.26 Å². The highest BCUT2D eigenvalue weighted by atomic mass is 19.1. The fourth-order valence-corrected chi connectivity index (χ4v) is 1.51. The second kappa shape index (κ2) is 6.36. The van der Waals surface area contributed by atoms with Crippen molar-refractivity contribution >= 4 is 0 Å². The molecule has 0 aliphatic rings. The summed E-state index contributed by atoms with van der Waals surface area (Å²) in [7, 11) is 0. The summed E-state index contributed by atoms with van der Waals surface area (Å²) in [6.07, 6.45) is 1.49. The molecule has 0 fully saturated rings. The van der Waals surface area contributed by atoms with Crippen molar-refractivity contribution in [1.82, 2.24) is 5.32 Å². The van der Waals surface area contributed by atoms with Gasteiger partial charge in [0.25, 0.3) is 0 Å². The van der Waals surface area contributed by atoms with Crippen molar-refractivity contribution in [2.24, 2.45) is 5.41 Å². The van der Waals surface area contributed by atoms with E-state index in [1.165, 1.54) is 6.07 Å².